The predicted octanol–water partition coefficient (Wildman–Crippen LogP) is 2.43. The molecule has 128 valence electrons. The van der Waals surface area contributed by atoms with Crippen molar-refractivity contribution in [2.45, 2.75) is 6.10 Å². The van der Waals surface area contributed by atoms with E-state index in [4.69, 9.17) is 9.47 Å². The van der Waals surface area contributed by atoms with Crippen molar-refractivity contribution in [2.24, 2.45) is 0 Å². The van der Waals surface area contributed by atoms with E-state index in [9.17, 15) is 5.11 Å². The van der Waals surface area contributed by atoms with Crippen LogP contribution in [-0.2, 0) is 0 Å². The fraction of sp³-hybridized carbons (Fsp3) is 0.368. The van der Waals surface area contributed by atoms with Gasteiger partial charge in [-0.1, -0.05) is 18.2 Å². The Hall–Kier alpha value is -2.08. The summed E-state index contributed by atoms with van der Waals surface area (Å²) < 4.78 is 11.3. The Labute approximate surface area is 142 Å². The van der Waals surface area contributed by atoms with Crippen LogP contribution in [0.5, 0.6) is 17.2 Å². The Balaban J connectivity index is 1.75. The normalized spacial score (nSPS) is 16.6. The molecule has 0 radical (unpaired) electrons. The number of aliphatic hydroxyl groups is 1. The molecule has 2 aromatic rings. The standard InChI is InChI=1S/C19H24N2O3/c1-23-19-8-7-16(24-15-5-3-2-4-6-15)13-17(19)18(22)14-21-11-9-20-10-12-21/h2-8,13,18,20,22H,9-12,14H2,1H3. The molecule has 3 rings (SSSR count). The molecule has 0 spiro atoms. The minimum Gasteiger partial charge on any atom is -0.496 e. The van der Waals surface area contributed by atoms with Gasteiger partial charge >= 0.3 is 0 Å². The largest absolute Gasteiger partial charge is 0.496 e. The van der Waals surface area contributed by atoms with Crippen LogP contribution in [0.3, 0.4) is 0 Å². The van der Waals surface area contributed by atoms with Gasteiger partial charge < -0.3 is 19.9 Å². The first-order valence-electron chi connectivity index (χ1n) is 8.28. The Morgan fingerprint density at radius 1 is 1.08 bits per heavy atom. The van der Waals surface area contributed by atoms with Crippen molar-refractivity contribution < 1.29 is 14.6 Å². The predicted molar refractivity (Wildman–Crippen MR) is 93.8 cm³/mol. The van der Waals surface area contributed by atoms with E-state index >= 15 is 0 Å². The third-order valence-corrected chi connectivity index (χ3v) is 4.18. The SMILES string of the molecule is COc1ccc(Oc2ccccc2)cc1C(O)CN1CCNCC1. The van der Waals surface area contributed by atoms with E-state index in [0.29, 0.717) is 18.0 Å². The second kappa shape index (κ2) is 8.15. The van der Waals surface area contributed by atoms with Crippen LogP contribution in [0.25, 0.3) is 0 Å². The highest BCUT2D eigenvalue weighted by Gasteiger charge is 2.19. The number of para-hydroxylation sites is 1. The van der Waals surface area contributed by atoms with Crippen LogP contribution >= 0.6 is 0 Å². The first kappa shape index (κ1) is 16.8. The second-order valence-electron chi connectivity index (χ2n) is 5.89. The van der Waals surface area contributed by atoms with Crippen molar-refractivity contribution >= 4 is 0 Å². The van der Waals surface area contributed by atoms with Gasteiger partial charge in [0.25, 0.3) is 0 Å². The van der Waals surface area contributed by atoms with Gasteiger partial charge in [0.15, 0.2) is 0 Å². The molecule has 2 N–H and O–H groups in total. The molecular formula is C19H24N2O3. The number of benzene rings is 2. The summed E-state index contributed by atoms with van der Waals surface area (Å²) >= 11 is 0. The number of hydrogen-bond acceptors (Lipinski definition) is 5. The molecule has 1 fully saturated rings. The van der Waals surface area contributed by atoms with E-state index in [1.54, 1.807) is 7.11 Å². The lowest BCUT2D eigenvalue weighted by atomic mass is 10.1. The van der Waals surface area contributed by atoms with Gasteiger partial charge in [-0.3, -0.25) is 4.90 Å². The maximum atomic E-state index is 10.7. The van der Waals surface area contributed by atoms with Crippen LogP contribution in [0, 0.1) is 0 Å². The van der Waals surface area contributed by atoms with Crippen LogP contribution in [0.1, 0.15) is 11.7 Å². The Kier molecular flexibility index (Phi) is 5.69. The van der Waals surface area contributed by atoms with Crippen molar-refractivity contribution in [2.75, 3.05) is 39.8 Å². The Bertz CT molecular complexity index is 642. The Morgan fingerprint density at radius 3 is 2.54 bits per heavy atom. The van der Waals surface area contributed by atoms with Gasteiger partial charge in [0.1, 0.15) is 17.2 Å². The molecule has 1 heterocycles. The summed E-state index contributed by atoms with van der Waals surface area (Å²) in [5.41, 5.74) is 0.754. The topological polar surface area (TPSA) is 54.0 Å². The zero-order chi connectivity index (χ0) is 16.8. The van der Waals surface area contributed by atoms with E-state index in [1.165, 1.54) is 0 Å². The van der Waals surface area contributed by atoms with E-state index in [0.717, 1.165) is 37.5 Å². The van der Waals surface area contributed by atoms with Crippen LogP contribution in [0.2, 0.25) is 0 Å². The van der Waals surface area contributed by atoms with Gasteiger partial charge in [-0.2, -0.15) is 0 Å². The van der Waals surface area contributed by atoms with E-state index in [-0.39, 0.29) is 0 Å². The summed E-state index contributed by atoms with van der Waals surface area (Å²) in [6, 6.07) is 15.2. The summed E-state index contributed by atoms with van der Waals surface area (Å²) in [5, 5.41) is 14.0. The lowest BCUT2D eigenvalue weighted by molar-refractivity contribution is 0.103. The number of aliphatic hydroxyl groups excluding tert-OH is 1. The lowest BCUT2D eigenvalue weighted by Gasteiger charge is -2.29. The number of nitrogens with one attached hydrogen (secondary N) is 1. The van der Waals surface area contributed by atoms with Crippen LogP contribution in [0.15, 0.2) is 48.5 Å². The number of β-amino-alcohol motifs (C(OH)–C–C–N with tert-alkyl or cyclic N) is 1. The van der Waals surface area contributed by atoms with E-state index < -0.39 is 6.10 Å². The van der Waals surface area contributed by atoms with Crippen molar-refractivity contribution in [1.29, 1.82) is 0 Å². The van der Waals surface area contributed by atoms with Gasteiger partial charge in [0.05, 0.1) is 13.2 Å². The van der Waals surface area contributed by atoms with E-state index in [2.05, 4.69) is 10.2 Å². The molecule has 0 saturated carbocycles. The highest BCUT2D eigenvalue weighted by atomic mass is 16.5. The Morgan fingerprint density at radius 2 is 1.83 bits per heavy atom. The number of methoxy groups -OCH3 is 1. The lowest BCUT2D eigenvalue weighted by Crippen LogP contribution is -2.45. The second-order valence-corrected chi connectivity index (χ2v) is 5.89. The summed E-state index contributed by atoms with van der Waals surface area (Å²) in [5.74, 6) is 2.14. The molecule has 5 heteroatoms. The number of piperazine rings is 1. The number of nitrogens with zero attached hydrogens (tertiary/aromatic N) is 1. The van der Waals surface area contributed by atoms with Crippen molar-refractivity contribution in [3.05, 3.63) is 54.1 Å². The van der Waals surface area contributed by atoms with Gasteiger partial charge in [0, 0.05) is 38.3 Å². The zero-order valence-electron chi connectivity index (χ0n) is 13.9. The summed E-state index contributed by atoms with van der Waals surface area (Å²) in [7, 11) is 1.62. The van der Waals surface area contributed by atoms with Gasteiger partial charge in [-0.15, -0.1) is 0 Å². The van der Waals surface area contributed by atoms with Gasteiger partial charge in [-0.05, 0) is 30.3 Å². The molecule has 1 unspecified atom stereocenters. The number of hydrogen-bond donors (Lipinski definition) is 2. The molecule has 2 aromatic carbocycles. The maximum absolute atomic E-state index is 10.7. The third-order valence-electron chi connectivity index (χ3n) is 4.18. The van der Waals surface area contributed by atoms with Crippen molar-refractivity contribution in [3.8, 4) is 17.2 Å². The molecule has 24 heavy (non-hydrogen) atoms. The minimum absolute atomic E-state index is 0.590. The first-order chi connectivity index (χ1) is 11.8. The molecule has 1 aliphatic heterocycles. The van der Waals surface area contributed by atoms with Crippen LogP contribution < -0.4 is 14.8 Å². The zero-order valence-corrected chi connectivity index (χ0v) is 13.9. The molecule has 0 aromatic heterocycles. The monoisotopic (exact) mass is 328 g/mol. The average molecular weight is 328 g/mol. The summed E-state index contributed by atoms with van der Waals surface area (Å²) in [4.78, 5) is 2.26. The van der Waals surface area contributed by atoms with Crippen LogP contribution in [-0.4, -0.2) is 49.8 Å². The van der Waals surface area contributed by atoms with E-state index in [1.807, 2.05) is 48.5 Å². The summed E-state index contributed by atoms with van der Waals surface area (Å²) in [6.45, 7) is 4.40. The minimum atomic E-state index is -0.614. The third kappa shape index (κ3) is 4.26. The van der Waals surface area contributed by atoms with Crippen molar-refractivity contribution in [3.63, 3.8) is 0 Å². The molecule has 1 atom stereocenters. The quantitative estimate of drug-likeness (QED) is 0.853. The number of ether oxygens (including phenoxy) is 2. The summed E-state index contributed by atoms with van der Waals surface area (Å²) in [6.07, 6.45) is -0.614. The van der Waals surface area contributed by atoms with Gasteiger partial charge in [0.2, 0.25) is 0 Å². The smallest absolute Gasteiger partial charge is 0.128 e. The molecule has 5 nitrogen and oxygen atoms in total. The fourth-order valence-corrected chi connectivity index (χ4v) is 2.90. The van der Waals surface area contributed by atoms with Gasteiger partial charge in [-0.25, -0.2) is 0 Å². The first-order valence-corrected chi connectivity index (χ1v) is 8.28. The molecule has 0 aliphatic carbocycles. The fourth-order valence-electron chi connectivity index (χ4n) is 2.90. The highest BCUT2D eigenvalue weighted by molar-refractivity contribution is 5.43. The average Bonchev–Trinajstić information content (AvgIpc) is 2.63. The van der Waals surface area contributed by atoms with Crippen molar-refractivity contribution in [1.82, 2.24) is 10.2 Å². The maximum Gasteiger partial charge on any atom is 0.128 e. The number of rotatable bonds is 6. The van der Waals surface area contributed by atoms with Crippen LogP contribution in [0.4, 0.5) is 0 Å². The molecule has 0 bridgehead atoms. The highest BCUT2D eigenvalue weighted by Crippen LogP contribution is 2.32. The molecular weight excluding hydrogens is 304 g/mol. The molecule has 0 amide bonds. The molecule has 1 saturated heterocycles. The molecule has 1 aliphatic rings.